The van der Waals surface area contributed by atoms with Gasteiger partial charge in [-0.3, -0.25) is 4.79 Å². The molecule has 3 aliphatic rings. The molecule has 1 aromatic carbocycles. The quantitative estimate of drug-likeness (QED) is 0.796. The summed E-state index contributed by atoms with van der Waals surface area (Å²) in [7, 11) is 0. The Morgan fingerprint density at radius 3 is 2.92 bits per heavy atom. The van der Waals surface area contributed by atoms with Gasteiger partial charge in [-0.25, -0.2) is 0 Å². The molecule has 0 unspecified atom stereocenters. The Morgan fingerprint density at radius 2 is 2.12 bits per heavy atom. The van der Waals surface area contributed by atoms with E-state index in [1.54, 1.807) is 0 Å². The molecule has 136 valence electrons. The second kappa shape index (κ2) is 7.46. The van der Waals surface area contributed by atoms with E-state index in [9.17, 15) is 4.79 Å². The first-order valence-electron chi connectivity index (χ1n) is 9.80. The van der Waals surface area contributed by atoms with Crippen LogP contribution in [0.5, 0.6) is 0 Å². The van der Waals surface area contributed by atoms with Crippen molar-refractivity contribution >= 4 is 5.91 Å². The van der Waals surface area contributed by atoms with Crippen LogP contribution in [0.3, 0.4) is 0 Å². The molecule has 1 saturated carbocycles. The van der Waals surface area contributed by atoms with E-state index in [2.05, 4.69) is 12.1 Å². The highest BCUT2D eigenvalue weighted by atomic mass is 16.6. The number of carbonyl (C=O) groups is 1. The summed E-state index contributed by atoms with van der Waals surface area (Å²) >= 11 is 0. The van der Waals surface area contributed by atoms with Crippen LogP contribution in [0.2, 0.25) is 0 Å². The molecule has 0 N–H and O–H groups in total. The third-order valence-corrected chi connectivity index (χ3v) is 5.80. The number of rotatable bonds is 6. The maximum Gasteiger partial charge on any atom is 0.222 e. The number of hydrogen-bond donors (Lipinski definition) is 0. The second-order valence-electron chi connectivity index (χ2n) is 8.00. The van der Waals surface area contributed by atoms with E-state index in [0.29, 0.717) is 13.0 Å². The molecule has 4 heteroatoms. The third kappa shape index (κ3) is 4.42. The van der Waals surface area contributed by atoms with Crippen LogP contribution in [-0.4, -0.2) is 48.8 Å². The Labute approximate surface area is 150 Å². The molecule has 2 saturated heterocycles. The standard InChI is InChI=1S/C21H29NO3/c23-20(10-9-17-5-2-1-3-6-17)22-12-4-11-21(16-22)13-19(15-25-21)24-14-18-7-8-18/h1-3,5-6,18-19H,4,7-16H2/t19-,21+/m1/s1. The molecule has 1 aromatic rings. The Hall–Kier alpha value is -1.39. The molecule has 1 amide bonds. The summed E-state index contributed by atoms with van der Waals surface area (Å²) in [5.41, 5.74) is 1.07. The number of piperidine rings is 1. The zero-order chi connectivity index (χ0) is 17.1. The summed E-state index contributed by atoms with van der Waals surface area (Å²) in [6, 6.07) is 10.3. The SMILES string of the molecule is O=C(CCc1ccccc1)N1CCC[C@]2(C[C@@H](OCC3CC3)CO2)C1. The highest BCUT2D eigenvalue weighted by molar-refractivity contribution is 5.76. The van der Waals surface area contributed by atoms with Crippen LogP contribution >= 0.6 is 0 Å². The van der Waals surface area contributed by atoms with Crippen molar-refractivity contribution in [3.05, 3.63) is 35.9 Å². The average Bonchev–Trinajstić information content (AvgIpc) is 3.41. The van der Waals surface area contributed by atoms with Crippen LogP contribution in [0, 0.1) is 5.92 Å². The highest BCUT2D eigenvalue weighted by Gasteiger charge is 2.45. The molecule has 2 heterocycles. The summed E-state index contributed by atoms with van der Waals surface area (Å²) in [6.45, 7) is 3.19. The van der Waals surface area contributed by atoms with Crippen molar-refractivity contribution < 1.29 is 14.3 Å². The van der Waals surface area contributed by atoms with E-state index in [1.807, 2.05) is 23.1 Å². The molecule has 4 rings (SSSR count). The predicted molar refractivity (Wildman–Crippen MR) is 96.3 cm³/mol. The predicted octanol–water partition coefficient (Wildman–Crippen LogP) is 3.20. The van der Waals surface area contributed by atoms with Crippen LogP contribution in [-0.2, 0) is 20.7 Å². The number of nitrogens with zero attached hydrogens (tertiary/aromatic N) is 1. The van der Waals surface area contributed by atoms with Crippen molar-refractivity contribution in [3.8, 4) is 0 Å². The molecule has 2 atom stereocenters. The van der Waals surface area contributed by atoms with Crippen LogP contribution in [0.25, 0.3) is 0 Å². The normalized spacial score (nSPS) is 29.3. The van der Waals surface area contributed by atoms with Gasteiger partial charge in [0.15, 0.2) is 0 Å². The van der Waals surface area contributed by atoms with Gasteiger partial charge < -0.3 is 14.4 Å². The van der Waals surface area contributed by atoms with Crippen LogP contribution in [0.4, 0.5) is 0 Å². The maximum atomic E-state index is 12.7. The largest absolute Gasteiger partial charge is 0.375 e. The number of hydrogen-bond acceptors (Lipinski definition) is 3. The highest BCUT2D eigenvalue weighted by Crippen LogP contribution is 2.37. The van der Waals surface area contributed by atoms with Gasteiger partial charge in [0.05, 0.1) is 18.3 Å². The van der Waals surface area contributed by atoms with Crippen LogP contribution in [0.15, 0.2) is 30.3 Å². The Kier molecular flexibility index (Phi) is 5.09. The van der Waals surface area contributed by atoms with E-state index < -0.39 is 0 Å². The number of likely N-dealkylation sites (tertiary alicyclic amines) is 1. The second-order valence-corrected chi connectivity index (χ2v) is 8.00. The van der Waals surface area contributed by atoms with Crippen LogP contribution in [0.1, 0.15) is 44.1 Å². The fourth-order valence-corrected chi connectivity index (χ4v) is 4.12. The number of aryl methyl sites for hydroxylation is 1. The van der Waals surface area contributed by atoms with Crippen molar-refractivity contribution in [2.24, 2.45) is 5.92 Å². The van der Waals surface area contributed by atoms with Crippen molar-refractivity contribution in [2.75, 3.05) is 26.3 Å². The number of carbonyl (C=O) groups excluding carboxylic acids is 1. The maximum absolute atomic E-state index is 12.7. The topological polar surface area (TPSA) is 38.8 Å². The Bertz CT molecular complexity index is 586. The van der Waals surface area contributed by atoms with E-state index in [-0.39, 0.29) is 17.6 Å². The molecule has 2 aliphatic heterocycles. The fourth-order valence-electron chi connectivity index (χ4n) is 4.12. The lowest BCUT2D eigenvalue weighted by atomic mass is 9.89. The Morgan fingerprint density at radius 1 is 1.28 bits per heavy atom. The molecule has 1 spiro atoms. The number of benzene rings is 1. The lowest BCUT2D eigenvalue weighted by Gasteiger charge is -2.39. The molecular weight excluding hydrogens is 314 g/mol. The van der Waals surface area contributed by atoms with Crippen molar-refractivity contribution in [2.45, 2.75) is 56.7 Å². The smallest absolute Gasteiger partial charge is 0.222 e. The first kappa shape index (κ1) is 17.0. The first-order chi connectivity index (χ1) is 12.2. The van der Waals surface area contributed by atoms with E-state index in [0.717, 1.165) is 51.3 Å². The van der Waals surface area contributed by atoms with Gasteiger partial charge in [0.25, 0.3) is 0 Å². The van der Waals surface area contributed by atoms with E-state index in [1.165, 1.54) is 18.4 Å². The molecule has 0 aromatic heterocycles. The first-order valence-corrected chi connectivity index (χ1v) is 9.80. The van der Waals surface area contributed by atoms with Gasteiger partial charge >= 0.3 is 0 Å². The zero-order valence-corrected chi connectivity index (χ0v) is 15.0. The van der Waals surface area contributed by atoms with Gasteiger partial charge in [-0.1, -0.05) is 30.3 Å². The summed E-state index contributed by atoms with van der Waals surface area (Å²) in [5, 5.41) is 0. The summed E-state index contributed by atoms with van der Waals surface area (Å²) in [6.07, 6.45) is 7.30. The van der Waals surface area contributed by atoms with Gasteiger partial charge in [-0.2, -0.15) is 0 Å². The average molecular weight is 343 g/mol. The summed E-state index contributed by atoms with van der Waals surface area (Å²) < 4.78 is 12.2. The van der Waals surface area contributed by atoms with Gasteiger partial charge in [-0.15, -0.1) is 0 Å². The molecule has 25 heavy (non-hydrogen) atoms. The van der Waals surface area contributed by atoms with Crippen molar-refractivity contribution in [3.63, 3.8) is 0 Å². The van der Waals surface area contributed by atoms with Gasteiger partial charge in [-0.05, 0) is 43.6 Å². The summed E-state index contributed by atoms with van der Waals surface area (Å²) in [5.74, 6) is 1.05. The summed E-state index contributed by atoms with van der Waals surface area (Å²) in [4.78, 5) is 14.7. The Balaban J connectivity index is 1.27. The lowest BCUT2D eigenvalue weighted by Crippen LogP contribution is -2.50. The van der Waals surface area contributed by atoms with Gasteiger partial charge in [0, 0.05) is 32.5 Å². The molecule has 1 aliphatic carbocycles. The van der Waals surface area contributed by atoms with E-state index in [4.69, 9.17) is 9.47 Å². The third-order valence-electron chi connectivity index (χ3n) is 5.80. The minimum atomic E-state index is -0.158. The lowest BCUT2D eigenvalue weighted by molar-refractivity contribution is -0.139. The molecular formula is C21H29NO3. The van der Waals surface area contributed by atoms with Crippen molar-refractivity contribution in [1.29, 1.82) is 0 Å². The fraction of sp³-hybridized carbons (Fsp3) is 0.667. The monoisotopic (exact) mass is 343 g/mol. The van der Waals surface area contributed by atoms with Crippen molar-refractivity contribution in [1.82, 2.24) is 4.90 Å². The van der Waals surface area contributed by atoms with E-state index >= 15 is 0 Å². The number of amides is 1. The minimum absolute atomic E-state index is 0.158. The van der Waals surface area contributed by atoms with Gasteiger partial charge in [0.1, 0.15) is 0 Å². The molecule has 0 radical (unpaired) electrons. The zero-order valence-electron chi connectivity index (χ0n) is 15.0. The van der Waals surface area contributed by atoms with Gasteiger partial charge in [0.2, 0.25) is 5.91 Å². The number of ether oxygens (including phenoxy) is 2. The minimum Gasteiger partial charge on any atom is -0.375 e. The molecule has 3 fully saturated rings. The molecule has 0 bridgehead atoms. The molecule has 4 nitrogen and oxygen atoms in total. The van der Waals surface area contributed by atoms with Crippen LogP contribution < -0.4 is 0 Å².